The molecule has 0 amide bonds. The zero-order valence-electron chi connectivity index (χ0n) is 11.1. The average Bonchev–Trinajstić information content (AvgIpc) is 2.92. The highest BCUT2D eigenvalue weighted by Crippen LogP contribution is 2.32. The molecular weight excluding hydrogens is 258 g/mol. The molecule has 0 saturated heterocycles. The molecule has 3 rings (SSSR count). The molecule has 0 fully saturated rings. The molecule has 0 unspecified atom stereocenters. The van der Waals surface area contributed by atoms with Gasteiger partial charge in [-0.3, -0.25) is 4.79 Å². The highest BCUT2D eigenvalue weighted by Gasteiger charge is 2.12. The first-order valence-corrected chi connectivity index (χ1v) is 6.02. The normalized spacial score (nSPS) is 10.7. The van der Waals surface area contributed by atoms with E-state index >= 15 is 0 Å². The Bertz CT molecular complexity index is 820. The maximum Gasteiger partial charge on any atom is 0.273 e. The summed E-state index contributed by atoms with van der Waals surface area (Å²) >= 11 is 0. The first-order chi connectivity index (χ1) is 9.72. The van der Waals surface area contributed by atoms with Gasteiger partial charge in [0.25, 0.3) is 5.56 Å². The van der Waals surface area contributed by atoms with Crippen molar-refractivity contribution in [2.24, 2.45) is 0 Å². The van der Waals surface area contributed by atoms with Crippen molar-refractivity contribution in [2.75, 3.05) is 14.2 Å². The molecule has 0 bridgehead atoms. The van der Waals surface area contributed by atoms with Gasteiger partial charge in [-0.15, -0.1) is 0 Å². The van der Waals surface area contributed by atoms with Crippen LogP contribution < -0.4 is 15.0 Å². The van der Waals surface area contributed by atoms with E-state index in [-0.39, 0.29) is 5.56 Å². The molecule has 0 aliphatic rings. The second kappa shape index (κ2) is 4.73. The first kappa shape index (κ1) is 12.3. The number of hydrogen-bond acceptors (Lipinski definition) is 4. The van der Waals surface area contributed by atoms with Crippen LogP contribution in [-0.2, 0) is 0 Å². The standard InChI is InChI=1S/C14H13N3O3/c1-19-9-3-4-13(20-2)10(7-9)11-8-12-14(18)15-5-6-17(12)16-11/h3-8H,1-2H3,(H,15,18). The fourth-order valence-corrected chi connectivity index (χ4v) is 2.08. The molecule has 0 spiro atoms. The molecule has 2 heterocycles. The molecule has 1 aromatic carbocycles. The molecule has 0 radical (unpaired) electrons. The van der Waals surface area contributed by atoms with E-state index in [1.54, 1.807) is 32.7 Å². The maximum atomic E-state index is 11.7. The van der Waals surface area contributed by atoms with Crippen molar-refractivity contribution < 1.29 is 9.47 Å². The highest BCUT2D eigenvalue weighted by molar-refractivity contribution is 5.72. The number of aromatic amines is 1. The third kappa shape index (κ3) is 1.91. The fraction of sp³-hybridized carbons (Fsp3) is 0.143. The number of hydrogen-bond donors (Lipinski definition) is 1. The number of fused-ring (bicyclic) bond motifs is 1. The van der Waals surface area contributed by atoms with E-state index in [0.717, 1.165) is 5.56 Å². The second-order valence-corrected chi connectivity index (χ2v) is 4.21. The predicted molar refractivity (Wildman–Crippen MR) is 74.4 cm³/mol. The van der Waals surface area contributed by atoms with Gasteiger partial charge in [0.2, 0.25) is 0 Å². The summed E-state index contributed by atoms with van der Waals surface area (Å²) in [6, 6.07) is 7.16. The molecule has 6 nitrogen and oxygen atoms in total. The Kier molecular flexibility index (Phi) is 2.90. The smallest absolute Gasteiger partial charge is 0.273 e. The molecule has 0 aliphatic carbocycles. The van der Waals surface area contributed by atoms with Crippen molar-refractivity contribution in [3.8, 4) is 22.8 Å². The third-order valence-corrected chi connectivity index (χ3v) is 3.08. The number of nitrogens with one attached hydrogen (secondary N) is 1. The van der Waals surface area contributed by atoms with Crippen LogP contribution in [-0.4, -0.2) is 28.8 Å². The fourth-order valence-electron chi connectivity index (χ4n) is 2.08. The summed E-state index contributed by atoms with van der Waals surface area (Å²) in [6.07, 6.45) is 3.24. The van der Waals surface area contributed by atoms with Crippen molar-refractivity contribution in [3.05, 3.63) is 47.0 Å². The van der Waals surface area contributed by atoms with Crippen LogP contribution >= 0.6 is 0 Å². The summed E-state index contributed by atoms with van der Waals surface area (Å²) < 4.78 is 12.1. The Labute approximate surface area is 114 Å². The Morgan fingerprint density at radius 1 is 1.20 bits per heavy atom. The van der Waals surface area contributed by atoms with E-state index in [9.17, 15) is 4.79 Å². The lowest BCUT2D eigenvalue weighted by molar-refractivity contribution is 0.404. The Morgan fingerprint density at radius 2 is 2.05 bits per heavy atom. The van der Waals surface area contributed by atoms with E-state index in [1.807, 2.05) is 18.2 Å². The number of rotatable bonds is 3. The van der Waals surface area contributed by atoms with Gasteiger partial charge in [-0.05, 0) is 24.3 Å². The van der Waals surface area contributed by atoms with Crippen molar-refractivity contribution in [1.29, 1.82) is 0 Å². The lowest BCUT2D eigenvalue weighted by Gasteiger charge is -2.08. The minimum Gasteiger partial charge on any atom is -0.497 e. The van der Waals surface area contributed by atoms with Gasteiger partial charge in [0.15, 0.2) is 0 Å². The Balaban J connectivity index is 2.24. The number of benzene rings is 1. The zero-order valence-corrected chi connectivity index (χ0v) is 11.1. The SMILES string of the molecule is COc1ccc(OC)c(-c2cc3c(=O)[nH]ccn3n2)c1. The van der Waals surface area contributed by atoms with Crippen molar-refractivity contribution in [3.63, 3.8) is 0 Å². The topological polar surface area (TPSA) is 68.6 Å². The van der Waals surface area contributed by atoms with Gasteiger partial charge >= 0.3 is 0 Å². The molecule has 0 atom stereocenters. The number of nitrogens with zero attached hydrogens (tertiary/aromatic N) is 2. The highest BCUT2D eigenvalue weighted by atomic mass is 16.5. The number of ether oxygens (including phenoxy) is 2. The van der Waals surface area contributed by atoms with Gasteiger partial charge in [0, 0.05) is 18.0 Å². The van der Waals surface area contributed by atoms with Gasteiger partial charge in [-0.2, -0.15) is 5.10 Å². The van der Waals surface area contributed by atoms with Crippen molar-refractivity contribution in [2.45, 2.75) is 0 Å². The maximum absolute atomic E-state index is 11.7. The Hall–Kier alpha value is -2.76. The van der Waals surface area contributed by atoms with Crippen LogP contribution in [0.15, 0.2) is 41.5 Å². The number of H-pyrrole nitrogens is 1. The summed E-state index contributed by atoms with van der Waals surface area (Å²) in [5.74, 6) is 1.37. The van der Waals surface area contributed by atoms with E-state index < -0.39 is 0 Å². The van der Waals surface area contributed by atoms with Crippen LogP contribution in [0.25, 0.3) is 16.8 Å². The number of aromatic nitrogens is 3. The van der Waals surface area contributed by atoms with Gasteiger partial charge in [0.05, 0.1) is 19.9 Å². The molecule has 0 aliphatic heterocycles. The van der Waals surface area contributed by atoms with Gasteiger partial charge < -0.3 is 14.5 Å². The first-order valence-electron chi connectivity index (χ1n) is 6.02. The summed E-state index contributed by atoms with van der Waals surface area (Å²) in [7, 11) is 3.19. The molecule has 6 heteroatoms. The van der Waals surface area contributed by atoms with Gasteiger partial charge in [-0.1, -0.05) is 0 Å². The summed E-state index contributed by atoms with van der Waals surface area (Å²) in [4.78, 5) is 14.3. The van der Waals surface area contributed by atoms with Gasteiger partial charge in [0.1, 0.15) is 17.0 Å². The van der Waals surface area contributed by atoms with E-state index in [0.29, 0.717) is 22.7 Å². The van der Waals surface area contributed by atoms with Gasteiger partial charge in [-0.25, -0.2) is 4.52 Å². The van der Waals surface area contributed by atoms with Crippen molar-refractivity contribution in [1.82, 2.24) is 14.6 Å². The molecule has 3 aromatic rings. The molecule has 20 heavy (non-hydrogen) atoms. The van der Waals surface area contributed by atoms with Crippen LogP contribution in [0.2, 0.25) is 0 Å². The summed E-state index contributed by atoms with van der Waals surface area (Å²) in [6.45, 7) is 0. The quantitative estimate of drug-likeness (QED) is 0.787. The van der Waals surface area contributed by atoms with E-state index in [1.165, 1.54) is 4.52 Å². The molecule has 2 aromatic heterocycles. The van der Waals surface area contributed by atoms with E-state index in [2.05, 4.69) is 10.1 Å². The van der Waals surface area contributed by atoms with Crippen LogP contribution in [0.4, 0.5) is 0 Å². The summed E-state index contributed by atoms with van der Waals surface area (Å²) in [5.41, 5.74) is 1.72. The third-order valence-electron chi connectivity index (χ3n) is 3.08. The largest absolute Gasteiger partial charge is 0.497 e. The molecule has 0 saturated carbocycles. The molecular formula is C14H13N3O3. The number of methoxy groups -OCH3 is 2. The Morgan fingerprint density at radius 3 is 2.75 bits per heavy atom. The van der Waals surface area contributed by atoms with Crippen LogP contribution in [0.3, 0.4) is 0 Å². The van der Waals surface area contributed by atoms with E-state index in [4.69, 9.17) is 9.47 Å². The molecule has 1 N–H and O–H groups in total. The lowest BCUT2D eigenvalue weighted by atomic mass is 10.1. The molecule has 102 valence electrons. The van der Waals surface area contributed by atoms with Crippen LogP contribution in [0.5, 0.6) is 11.5 Å². The zero-order chi connectivity index (χ0) is 14.1. The summed E-state index contributed by atoms with van der Waals surface area (Å²) in [5, 5.41) is 4.39. The lowest BCUT2D eigenvalue weighted by Crippen LogP contribution is -2.07. The van der Waals surface area contributed by atoms with Crippen molar-refractivity contribution >= 4 is 5.52 Å². The average molecular weight is 271 g/mol. The minimum atomic E-state index is -0.187. The van der Waals surface area contributed by atoms with Crippen LogP contribution in [0.1, 0.15) is 0 Å². The monoisotopic (exact) mass is 271 g/mol. The minimum absolute atomic E-state index is 0.187. The van der Waals surface area contributed by atoms with Crippen LogP contribution in [0, 0.1) is 0 Å². The predicted octanol–water partition coefficient (Wildman–Crippen LogP) is 1.71. The second-order valence-electron chi connectivity index (χ2n) is 4.21.